The van der Waals surface area contributed by atoms with Gasteiger partial charge in [-0.25, -0.2) is 0 Å². The van der Waals surface area contributed by atoms with Gasteiger partial charge >= 0.3 is 0 Å². The first-order valence-electron chi connectivity index (χ1n) is 14.8. The molecule has 0 spiro atoms. The Labute approximate surface area is 249 Å². The van der Waals surface area contributed by atoms with Crippen molar-refractivity contribution in [1.29, 1.82) is 0 Å². The molecule has 0 atom stereocenters. The Morgan fingerprint density at radius 1 is 0.881 bits per heavy atom. The van der Waals surface area contributed by atoms with Crippen LogP contribution in [0, 0.1) is 17.8 Å². The fourth-order valence-electron chi connectivity index (χ4n) is 6.65. The molecule has 0 unspecified atom stereocenters. The summed E-state index contributed by atoms with van der Waals surface area (Å²) in [6.45, 7) is 12.6. The Kier molecular flexibility index (Phi) is 7.82. The number of ether oxygens (including phenoxy) is 2. The van der Waals surface area contributed by atoms with Crippen molar-refractivity contribution in [3.05, 3.63) is 76.1 Å². The van der Waals surface area contributed by atoms with E-state index in [9.17, 15) is 14.4 Å². The number of hydrogen-bond acceptors (Lipinski definition) is 6. The van der Waals surface area contributed by atoms with Gasteiger partial charge in [-0.3, -0.25) is 14.4 Å². The van der Waals surface area contributed by atoms with Gasteiger partial charge in [-0.1, -0.05) is 45.9 Å². The zero-order chi connectivity index (χ0) is 30.4. The minimum Gasteiger partial charge on any atom is -0.490 e. The highest BCUT2D eigenvalue weighted by atomic mass is 16.5. The van der Waals surface area contributed by atoms with Gasteiger partial charge in [-0.05, 0) is 72.9 Å². The molecule has 3 aliphatic rings. The van der Waals surface area contributed by atoms with E-state index < -0.39 is 5.92 Å². The molecule has 1 N–H and O–H groups in total. The zero-order valence-electron chi connectivity index (χ0n) is 25.8. The van der Waals surface area contributed by atoms with Crippen LogP contribution in [0.25, 0.3) is 0 Å². The third-order valence-electron chi connectivity index (χ3n) is 8.44. The van der Waals surface area contributed by atoms with Crippen molar-refractivity contribution in [2.75, 3.05) is 25.6 Å². The normalized spacial score (nSPS) is 19.8. The van der Waals surface area contributed by atoms with Crippen LogP contribution in [0.5, 0.6) is 11.5 Å². The van der Waals surface area contributed by atoms with E-state index in [0.29, 0.717) is 36.6 Å². The summed E-state index contributed by atoms with van der Waals surface area (Å²) in [6.07, 6.45) is 2.41. The number of rotatable bonds is 7. The first kappa shape index (κ1) is 29.6. The standard InChI is InChI=1S/C35H42N2O5/c1-8-41-29-15-22(12-13-28(29)42-20-30(40)36-23-11-9-10-21(2)14-23)31-32-24(16-34(3,4)18-26(32)38)37(7)25-17-35(5,6)19-27(39)33(25)31/h9-15,31H,8,16-20H2,1-7H3,(H,36,40). The van der Waals surface area contributed by atoms with Crippen molar-refractivity contribution in [3.8, 4) is 11.5 Å². The van der Waals surface area contributed by atoms with Crippen molar-refractivity contribution in [1.82, 2.24) is 4.90 Å². The number of nitrogens with zero attached hydrogens (tertiary/aromatic N) is 1. The number of benzene rings is 2. The van der Waals surface area contributed by atoms with Gasteiger partial charge < -0.3 is 19.7 Å². The van der Waals surface area contributed by atoms with Crippen LogP contribution in [0.3, 0.4) is 0 Å². The number of Topliss-reactive ketones (excluding diaryl/α,β-unsaturated/α-hetero) is 2. The van der Waals surface area contributed by atoms with E-state index in [4.69, 9.17) is 9.47 Å². The van der Waals surface area contributed by atoms with E-state index in [-0.39, 0.29) is 34.9 Å². The van der Waals surface area contributed by atoms with Crippen LogP contribution in [0.1, 0.15) is 77.3 Å². The molecule has 1 amide bonds. The minimum atomic E-state index is -0.462. The molecule has 7 nitrogen and oxygen atoms in total. The van der Waals surface area contributed by atoms with E-state index in [1.165, 1.54) is 0 Å². The molecule has 42 heavy (non-hydrogen) atoms. The zero-order valence-corrected chi connectivity index (χ0v) is 25.8. The topological polar surface area (TPSA) is 84.9 Å². The molecular weight excluding hydrogens is 528 g/mol. The van der Waals surface area contributed by atoms with Crippen LogP contribution in [0.2, 0.25) is 0 Å². The van der Waals surface area contributed by atoms with Crippen LogP contribution in [-0.4, -0.2) is 42.6 Å². The largest absolute Gasteiger partial charge is 0.490 e. The molecule has 0 fully saturated rings. The lowest BCUT2D eigenvalue weighted by molar-refractivity contribution is -0.120. The van der Waals surface area contributed by atoms with Crippen molar-refractivity contribution in [2.45, 2.75) is 73.1 Å². The first-order valence-corrected chi connectivity index (χ1v) is 14.8. The highest BCUT2D eigenvalue weighted by Crippen LogP contribution is 2.54. The van der Waals surface area contributed by atoms with E-state index in [1.54, 1.807) is 6.07 Å². The van der Waals surface area contributed by atoms with E-state index in [0.717, 1.165) is 46.5 Å². The summed E-state index contributed by atoms with van der Waals surface area (Å²) in [4.78, 5) is 42.3. The van der Waals surface area contributed by atoms with Gasteiger partial charge in [0.2, 0.25) is 0 Å². The minimum absolute atomic E-state index is 0.0911. The quantitative estimate of drug-likeness (QED) is 0.398. The van der Waals surface area contributed by atoms with Crippen molar-refractivity contribution in [3.63, 3.8) is 0 Å². The highest BCUT2D eigenvalue weighted by Gasteiger charge is 2.48. The highest BCUT2D eigenvalue weighted by molar-refractivity contribution is 6.06. The number of ketones is 2. The summed E-state index contributed by atoms with van der Waals surface area (Å²) in [7, 11) is 2.01. The van der Waals surface area contributed by atoms with Gasteiger partial charge in [0, 0.05) is 54.0 Å². The Hall–Kier alpha value is -3.87. The maximum atomic E-state index is 13.8. The number of allylic oxidation sites excluding steroid dienone is 4. The van der Waals surface area contributed by atoms with Crippen LogP contribution in [0.15, 0.2) is 65.0 Å². The molecule has 2 aromatic carbocycles. The number of anilines is 1. The molecule has 222 valence electrons. The predicted octanol–water partition coefficient (Wildman–Crippen LogP) is 6.73. The average Bonchev–Trinajstić information content (AvgIpc) is 2.88. The number of hydrogen-bond donors (Lipinski definition) is 1. The second-order valence-electron chi connectivity index (χ2n) is 13.4. The van der Waals surface area contributed by atoms with Gasteiger partial charge in [0.05, 0.1) is 6.61 Å². The second kappa shape index (κ2) is 11.1. The third kappa shape index (κ3) is 5.87. The molecule has 0 radical (unpaired) electrons. The monoisotopic (exact) mass is 570 g/mol. The van der Waals surface area contributed by atoms with Crippen LogP contribution >= 0.6 is 0 Å². The Morgan fingerprint density at radius 3 is 2.07 bits per heavy atom. The summed E-state index contributed by atoms with van der Waals surface area (Å²) in [5.41, 5.74) is 5.73. The molecule has 0 aromatic heterocycles. The Balaban J connectivity index is 1.51. The van der Waals surface area contributed by atoms with Gasteiger partial charge in [0.1, 0.15) is 0 Å². The van der Waals surface area contributed by atoms with E-state index >= 15 is 0 Å². The molecule has 1 heterocycles. The Morgan fingerprint density at radius 2 is 1.50 bits per heavy atom. The average molecular weight is 571 g/mol. The summed E-state index contributed by atoms with van der Waals surface area (Å²) >= 11 is 0. The van der Waals surface area contributed by atoms with Gasteiger partial charge in [-0.2, -0.15) is 0 Å². The van der Waals surface area contributed by atoms with Crippen LogP contribution in [0.4, 0.5) is 5.69 Å². The SMILES string of the molecule is CCOc1cc(C2C3=C(CC(C)(C)CC3=O)N(C)C3=C2C(=O)CC(C)(C)C3)ccc1OCC(=O)Nc1cccc(C)c1. The van der Waals surface area contributed by atoms with Crippen LogP contribution in [-0.2, 0) is 14.4 Å². The number of carbonyl (C=O) groups excluding carboxylic acids is 3. The molecule has 0 bridgehead atoms. The second-order valence-corrected chi connectivity index (χ2v) is 13.4. The molecule has 7 heteroatoms. The fourth-order valence-corrected chi connectivity index (χ4v) is 6.65. The number of aryl methyl sites for hydroxylation is 1. The van der Waals surface area contributed by atoms with Crippen molar-refractivity contribution in [2.24, 2.45) is 10.8 Å². The predicted molar refractivity (Wildman–Crippen MR) is 164 cm³/mol. The van der Waals surface area contributed by atoms with Gasteiger partial charge in [0.25, 0.3) is 5.91 Å². The molecule has 2 aromatic rings. The summed E-state index contributed by atoms with van der Waals surface area (Å²) < 4.78 is 11.9. The van der Waals surface area contributed by atoms with Crippen LogP contribution < -0.4 is 14.8 Å². The maximum Gasteiger partial charge on any atom is 0.262 e. The number of amides is 1. The lowest BCUT2D eigenvalue weighted by Crippen LogP contribution is -2.43. The lowest BCUT2D eigenvalue weighted by atomic mass is 9.64. The van der Waals surface area contributed by atoms with E-state index in [1.807, 2.05) is 57.3 Å². The van der Waals surface area contributed by atoms with Crippen molar-refractivity contribution < 1.29 is 23.9 Å². The number of nitrogens with one attached hydrogen (secondary N) is 1. The molecule has 0 saturated carbocycles. The van der Waals surface area contributed by atoms with Gasteiger partial charge in [0.15, 0.2) is 29.7 Å². The summed E-state index contributed by atoms with van der Waals surface area (Å²) in [5.74, 6) is 0.355. The van der Waals surface area contributed by atoms with E-state index in [2.05, 4.69) is 37.9 Å². The Bertz CT molecular complexity index is 1460. The van der Waals surface area contributed by atoms with Crippen molar-refractivity contribution >= 4 is 23.2 Å². The molecule has 5 rings (SSSR count). The molecule has 0 saturated heterocycles. The molecule has 1 aliphatic heterocycles. The summed E-state index contributed by atoms with van der Waals surface area (Å²) in [6, 6.07) is 13.2. The third-order valence-corrected chi connectivity index (χ3v) is 8.44. The smallest absolute Gasteiger partial charge is 0.262 e. The molecule has 2 aliphatic carbocycles. The fraction of sp³-hybridized carbons (Fsp3) is 0.457. The molecular formula is C35H42N2O5. The lowest BCUT2D eigenvalue weighted by Gasteiger charge is -2.47. The maximum absolute atomic E-state index is 13.8. The first-order chi connectivity index (χ1) is 19.8. The summed E-state index contributed by atoms with van der Waals surface area (Å²) in [5, 5.41) is 2.86. The van der Waals surface area contributed by atoms with Gasteiger partial charge in [-0.15, -0.1) is 0 Å². The number of carbonyl (C=O) groups is 3.